The topological polar surface area (TPSA) is 89.2 Å². The lowest BCUT2D eigenvalue weighted by atomic mass is 10.1. The molecule has 0 aliphatic rings. The molecule has 2 N–H and O–H groups in total. The maximum Gasteiger partial charge on any atom is 0.291 e. The molecule has 0 atom stereocenters. The number of aromatic nitrogens is 2. The number of furan rings is 1. The van der Waals surface area contributed by atoms with E-state index in [-0.39, 0.29) is 17.6 Å². The lowest BCUT2D eigenvalue weighted by molar-refractivity contribution is 0.0953. The molecule has 152 valence electrons. The third-order valence-corrected chi connectivity index (χ3v) is 5.71. The Labute approximate surface area is 177 Å². The number of hydrogen-bond acceptors (Lipinski definition) is 5. The number of nitrogens with one attached hydrogen (secondary N) is 2. The summed E-state index contributed by atoms with van der Waals surface area (Å²) in [6, 6.07) is 14.9. The molecule has 0 aliphatic heterocycles. The number of benzene rings is 1. The Hall–Kier alpha value is -3.65. The first kappa shape index (κ1) is 19.7. The van der Waals surface area contributed by atoms with Crippen LogP contribution >= 0.6 is 11.3 Å². The van der Waals surface area contributed by atoms with Gasteiger partial charge < -0.3 is 15.1 Å². The van der Waals surface area contributed by atoms with Gasteiger partial charge in [0.1, 0.15) is 0 Å². The minimum atomic E-state index is -0.347. The maximum absolute atomic E-state index is 12.7. The highest BCUT2D eigenvalue weighted by Gasteiger charge is 2.17. The van der Waals surface area contributed by atoms with Gasteiger partial charge in [-0.3, -0.25) is 14.3 Å². The molecule has 0 unspecified atom stereocenters. The molecule has 1 aromatic carbocycles. The van der Waals surface area contributed by atoms with E-state index in [1.165, 1.54) is 17.6 Å². The van der Waals surface area contributed by atoms with E-state index in [9.17, 15) is 9.59 Å². The predicted molar refractivity (Wildman–Crippen MR) is 115 cm³/mol. The molecule has 0 radical (unpaired) electrons. The summed E-state index contributed by atoms with van der Waals surface area (Å²) in [7, 11) is 0. The average molecular weight is 420 g/mol. The summed E-state index contributed by atoms with van der Waals surface area (Å²) in [5.74, 6) is -0.300. The Morgan fingerprint density at radius 3 is 2.67 bits per heavy atom. The number of carbonyl (C=O) groups excluding carboxylic acids is 2. The van der Waals surface area contributed by atoms with Crippen LogP contribution in [0.4, 0.5) is 5.00 Å². The fourth-order valence-corrected chi connectivity index (χ4v) is 4.04. The van der Waals surface area contributed by atoms with E-state index in [2.05, 4.69) is 15.7 Å². The fraction of sp³-hybridized carbons (Fsp3) is 0.136. The van der Waals surface area contributed by atoms with Crippen molar-refractivity contribution in [2.75, 3.05) is 5.32 Å². The Morgan fingerprint density at radius 1 is 1.10 bits per heavy atom. The Kier molecular flexibility index (Phi) is 5.76. The molecule has 7 nitrogen and oxygen atoms in total. The van der Waals surface area contributed by atoms with Gasteiger partial charge in [-0.2, -0.15) is 5.10 Å². The highest BCUT2D eigenvalue weighted by molar-refractivity contribution is 7.18. The molecule has 0 saturated heterocycles. The zero-order valence-corrected chi connectivity index (χ0v) is 17.1. The van der Waals surface area contributed by atoms with E-state index >= 15 is 0 Å². The van der Waals surface area contributed by atoms with Crippen LogP contribution in [-0.2, 0) is 13.1 Å². The van der Waals surface area contributed by atoms with Gasteiger partial charge in [0, 0.05) is 18.9 Å². The molecule has 2 amide bonds. The molecule has 30 heavy (non-hydrogen) atoms. The first-order valence-electron chi connectivity index (χ1n) is 9.38. The molecule has 4 aromatic rings. The van der Waals surface area contributed by atoms with E-state index in [4.69, 9.17) is 4.42 Å². The van der Waals surface area contributed by atoms with Crippen molar-refractivity contribution in [3.8, 4) is 0 Å². The van der Waals surface area contributed by atoms with Crippen LogP contribution < -0.4 is 10.6 Å². The van der Waals surface area contributed by atoms with Gasteiger partial charge in [-0.05, 0) is 47.9 Å². The van der Waals surface area contributed by atoms with Crippen LogP contribution in [0.1, 0.15) is 36.9 Å². The minimum absolute atomic E-state index is 0.176. The molecule has 3 heterocycles. The van der Waals surface area contributed by atoms with Crippen molar-refractivity contribution in [3.63, 3.8) is 0 Å². The second-order valence-electron chi connectivity index (χ2n) is 6.71. The summed E-state index contributed by atoms with van der Waals surface area (Å²) < 4.78 is 6.94. The van der Waals surface area contributed by atoms with Crippen LogP contribution in [0.25, 0.3) is 0 Å². The first-order chi connectivity index (χ1) is 14.6. The molecule has 0 saturated carbocycles. The monoisotopic (exact) mass is 420 g/mol. The lowest BCUT2D eigenvalue weighted by Crippen LogP contribution is -2.23. The highest BCUT2D eigenvalue weighted by Crippen LogP contribution is 2.27. The number of anilines is 1. The van der Waals surface area contributed by atoms with Crippen molar-refractivity contribution in [2.45, 2.75) is 20.0 Å². The van der Waals surface area contributed by atoms with Crippen molar-refractivity contribution in [3.05, 3.63) is 94.5 Å². The van der Waals surface area contributed by atoms with Crippen LogP contribution in [0.3, 0.4) is 0 Å². The van der Waals surface area contributed by atoms with Gasteiger partial charge in [0.15, 0.2) is 5.76 Å². The predicted octanol–water partition coefficient (Wildman–Crippen LogP) is 4.08. The molecular formula is C22H20N4O3S. The molecule has 0 aliphatic carbocycles. The SMILES string of the molecule is Cc1cc(NC(=O)c2ccco2)sc1C(=O)NCc1ccccc1Cn1cccn1. The lowest BCUT2D eigenvalue weighted by Gasteiger charge is -2.11. The summed E-state index contributed by atoms with van der Waals surface area (Å²) in [6.07, 6.45) is 5.09. The number of amides is 2. The summed E-state index contributed by atoms with van der Waals surface area (Å²) in [5, 5.41) is 10.6. The summed E-state index contributed by atoms with van der Waals surface area (Å²) >= 11 is 1.24. The number of rotatable bonds is 7. The van der Waals surface area contributed by atoms with Gasteiger partial charge in [-0.1, -0.05) is 24.3 Å². The summed E-state index contributed by atoms with van der Waals surface area (Å²) in [6.45, 7) is 2.89. The van der Waals surface area contributed by atoms with Gasteiger partial charge >= 0.3 is 0 Å². The smallest absolute Gasteiger partial charge is 0.291 e. The second-order valence-corrected chi connectivity index (χ2v) is 7.76. The summed E-state index contributed by atoms with van der Waals surface area (Å²) in [5.41, 5.74) is 2.93. The van der Waals surface area contributed by atoms with Crippen LogP contribution in [0.15, 0.2) is 71.6 Å². The first-order valence-corrected chi connectivity index (χ1v) is 10.2. The van der Waals surface area contributed by atoms with Crippen molar-refractivity contribution in [1.82, 2.24) is 15.1 Å². The van der Waals surface area contributed by atoms with E-state index in [1.807, 2.05) is 48.1 Å². The molecule has 0 bridgehead atoms. The van der Waals surface area contributed by atoms with Gasteiger partial charge in [0.05, 0.1) is 22.7 Å². The number of hydrogen-bond donors (Lipinski definition) is 2. The second kappa shape index (κ2) is 8.79. The Morgan fingerprint density at radius 2 is 1.93 bits per heavy atom. The molecule has 4 rings (SSSR count). The van der Waals surface area contributed by atoms with Crippen LogP contribution in [-0.4, -0.2) is 21.6 Å². The zero-order valence-electron chi connectivity index (χ0n) is 16.3. The highest BCUT2D eigenvalue weighted by atomic mass is 32.1. The third-order valence-electron chi connectivity index (χ3n) is 4.56. The molecule has 3 aromatic heterocycles. The number of nitrogens with zero attached hydrogens (tertiary/aromatic N) is 2. The number of carbonyl (C=O) groups is 2. The van der Waals surface area contributed by atoms with E-state index < -0.39 is 0 Å². The van der Waals surface area contributed by atoms with Gasteiger partial charge in [0.2, 0.25) is 0 Å². The van der Waals surface area contributed by atoms with Crippen LogP contribution in [0.2, 0.25) is 0 Å². The van der Waals surface area contributed by atoms with Crippen LogP contribution in [0, 0.1) is 6.92 Å². The van der Waals surface area contributed by atoms with Crippen molar-refractivity contribution >= 4 is 28.2 Å². The zero-order chi connectivity index (χ0) is 20.9. The number of thiophene rings is 1. The van der Waals surface area contributed by atoms with E-state index in [1.54, 1.807) is 24.4 Å². The molecular weight excluding hydrogens is 400 g/mol. The molecule has 0 spiro atoms. The normalized spacial score (nSPS) is 10.7. The largest absolute Gasteiger partial charge is 0.459 e. The Balaban J connectivity index is 1.41. The quantitative estimate of drug-likeness (QED) is 0.472. The third kappa shape index (κ3) is 4.49. The minimum Gasteiger partial charge on any atom is -0.459 e. The van der Waals surface area contributed by atoms with Crippen molar-refractivity contribution in [2.24, 2.45) is 0 Å². The fourth-order valence-electron chi connectivity index (χ4n) is 3.06. The molecule has 8 heteroatoms. The van der Waals surface area contributed by atoms with Crippen molar-refractivity contribution in [1.29, 1.82) is 0 Å². The van der Waals surface area contributed by atoms with Gasteiger partial charge in [0.25, 0.3) is 11.8 Å². The molecule has 0 fully saturated rings. The number of aryl methyl sites for hydroxylation is 1. The standard InChI is InChI=1S/C22H20N4O3S/c1-15-12-19(25-21(27)18-8-4-11-29-18)30-20(15)22(28)23-13-16-6-2-3-7-17(16)14-26-10-5-9-24-26/h2-12H,13-14H2,1H3,(H,23,28)(H,25,27). The van der Waals surface area contributed by atoms with E-state index in [0.29, 0.717) is 23.0 Å². The van der Waals surface area contributed by atoms with Crippen molar-refractivity contribution < 1.29 is 14.0 Å². The van der Waals surface area contributed by atoms with Gasteiger partial charge in [-0.25, -0.2) is 0 Å². The maximum atomic E-state index is 12.7. The van der Waals surface area contributed by atoms with Gasteiger partial charge in [-0.15, -0.1) is 11.3 Å². The van der Waals surface area contributed by atoms with E-state index in [0.717, 1.165) is 16.7 Å². The van der Waals surface area contributed by atoms with Crippen LogP contribution in [0.5, 0.6) is 0 Å². The average Bonchev–Trinajstić information content (AvgIpc) is 3.49. The Bertz CT molecular complexity index is 1150. The summed E-state index contributed by atoms with van der Waals surface area (Å²) in [4.78, 5) is 25.4.